The third-order valence-corrected chi connectivity index (χ3v) is 3.77. The van der Waals surface area contributed by atoms with Gasteiger partial charge in [-0.2, -0.15) is 0 Å². The minimum absolute atomic E-state index is 0.548. The first-order valence-corrected chi connectivity index (χ1v) is 6.86. The lowest BCUT2D eigenvalue weighted by atomic mass is 9.91. The van der Waals surface area contributed by atoms with Crippen molar-refractivity contribution in [2.24, 2.45) is 0 Å². The van der Waals surface area contributed by atoms with E-state index in [1.165, 1.54) is 21.9 Å². The second kappa shape index (κ2) is 5.27. The molecule has 0 heterocycles. The highest BCUT2D eigenvalue weighted by molar-refractivity contribution is 5.85. The van der Waals surface area contributed by atoms with Crippen molar-refractivity contribution in [3.05, 3.63) is 83.9 Å². The molecule has 0 saturated carbocycles. The minimum Gasteiger partial charge on any atom is -0.0622 e. The van der Waals surface area contributed by atoms with Gasteiger partial charge in [0.2, 0.25) is 0 Å². The Balaban J connectivity index is 1.94. The topological polar surface area (TPSA) is 0 Å². The molecule has 1 atom stereocenters. The van der Waals surface area contributed by atoms with Crippen LogP contribution >= 0.6 is 0 Å². The molecule has 0 aliphatic heterocycles. The zero-order valence-corrected chi connectivity index (χ0v) is 11.2. The minimum atomic E-state index is 0.548. The molecule has 19 heavy (non-hydrogen) atoms. The van der Waals surface area contributed by atoms with Crippen LogP contribution in [0.4, 0.5) is 0 Å². The molecule has 0 N–H and O–H groups in total. The first-order valence-electron chi connectivity index (χ1n) is 6.86. The SMILES string of the molecule is CC(Cc1cccc2ccccc12)c1ccccc1. The van der Waals surface area contributed by atoms with E-state index in [-0.39, 0.29) is 0 Å². The van der Waals surface area contributed by atoms with Crippen LogP contribution in [-0.2, 0) is 6.42 Å². The molecule has 0 aliphatic carbocycles. The van der Waals surface area contributed by atoms with Gasteiger partial charge < -0.3 is 0 Å². The number of benzene rings is 3. The molecule has 0 saturated heterocycles. The molecule has 0 fully saturated rings. The monoisotopic (exact) mass is 246 g/mol. The van der Waals surface area contributed by atoms with Crippen LogP contribution in [0.5, 0.6) is 0 Å². The summed E-state index contributed by atoms with van der Waals surface area (Å²) in [6.07, 6.45) is 1.09. The summed E-state index contributed by atoms with van der Waals surface area (Å²) in [5.74, 6) is 0.548. The average Bonchev–Trinajstić information content (AvgIpc) is 2.48. The van der Waals surface area contributed by atoms with Gasteiger partial charge in [0.15, 0.2) is 0 Å². The van der Waals surface area contributed by atoms with Crippen molar-refractivity contribution < 1.29 is 0 Å². The number of fused-ring (bicyclic) bond motifs is 1. The van der Waals surface area contributed by atoms with Gasteiger partial charge in [0.25, 0.3) is 0 Å². The molecule has 3 aromatic carbocycles. The van der Waals surface area contributed by atoms with E-state index in [0.29, 0.717) is 5.92 Å². The quantitative estimate of drug-likeness (QED) is 0.597. The van der Waals surface area contributed by atoms with E-state index in [4.69, 9.17) is 0 Å². The molecule has 0 nitrogen and oxygen atoms in total. The van der Waals surface area contributed by atoms with Crippen molar-refractivity contribution in [1.82, 2.24) is 0 Å². The second-order valence-electron chi connectivity index (χ2n) is 5.15. The molecule has 3 aromatic rings. The van der Waals surface area contributed by atoms with Gasteiger partial charge in [-0.05, 0) is 34.2 Å². The highest BCUT2D eigenvalue weighted by Gasteiger charge is 2.08. The standard InChI is InChI=1S/C19H18/c1-15(16-8-3-2-4-9-16)14-18-12-7-11-17-10-5-6-13-19(17)18/h2-13,15H,14H2,1H3. The maximum atomic E-state index is 2.30. The van der Waals surface area contributed by atoms with Gasteiger partial charge in [0.1, 0.15) is 0 Å². The zero-order valence-electron chi connectivity index (χ0n) is 11.2. The lowest BCUT2D eigenvalue weighted by molar-refractivity contribution is 0.763. The summed E-state index contributed by atoms with van der Waals surface area (Å²) in [5, 5.41) is 2.72. The molecule has 0 aromatic heterocycles. The molecule has 94 valence electrons. The summed E-state index contributed by atoms with van der Waals surface area (Å²) in [6, 6.07) is 26.0. The first kappa shape index (κ1) is 12.0. The van der Waals surface area contributed by atoms with E-state index in [9.17, 15) is 0 Å². The molecular formula is C19H18. The van der Waals surface area contributed by atoms with E-state index >= 15 is 0 Å². The van der Waals surface area contributed by atoms with Gasteiger partial charge >= 0.3 is 0 Å². The van der Waals surface area contributed by atoms with Crippen molar-refractivity contribution in [2.45, 2.75) is 19.3 Å². The van der Waals surface area contributed by atoms with E-state index in [2.05, 4.69) is 79.7 Å². The predicted molar refractivity (Wildman–Crippen MR) is 82.5 cm³/mol. The molecule has 0 bridgehead atoms. The maximum Gasteiger partial charge on any atom is -0.0150 e. The Morgan fingerprint density at radius 2 is 1.42 bits per heavy atom. The molecule has 0 aliphatic rings. The summed E-state index contributed by atoms with van der Waals surface area (Å²) in [6.45, 7) is 2.30. The Hall–Kier alpha value is -2.08. The van der Waals surface area contributed by atoms with Gasteiger partial charge in [0.05, 0.1) is 0 Å². The van der Waals surface area contributed by atoms with Gasteiger partial charge in [-0.3, -0.25) is 0 Å². The number of hydrogen-bond acceptors (Lipinski definition) is 0. The molecule has 0 amide bonds. The summed E-state index contributed by atoms with van der Waals surface area (Å²) in [4.78, 5) is 0. The van der Waals surface area contributed by atoms with Crippen molar-refractivity contribution in [2.75, 3.05) is 0 Å². The van der Waals surface area contributed by atoms with Gasteiger partial charge in [-0.15, -0.1) is 0 Å². The van der Waals surface area contributed by atoms with Crippen molar-refractivity contribution in [3.63, 3.8) is 0 Å². The smallest absolute Gasteiger partial charge is 0.0150 e. The van der Waals surface area contributed by atoms with Crippen LogP contribution in [-0.4, -0.2) is 0 Å². The largest absolute Gasteiger partial charge is 0.0622 e. The first-order chi connectivity index (χ1) is 9.34. The molecule has 0 radical (unpaired) electrons. The summed E-state index contributed by atoms with van der Waals surface area (Å²) in [7, 11) is 0. The fourth-order valence-corrected chi connectivity index (χ4v) is 2.70. The van der Waals surface area contributed by atoms with Crippen molar-refractivity contribution in [1.29, 1.82) is 0 Å². The van der Waals surface area contributed by atoms with Crippen LogP contribution < -0.4 is 0 Å². The Labute approximate surface area is 114 Å². The molecule has 0 spiro atoms. The van der Waals surface area contributed by atoms with Crippen LogP contribution in [0.15, 0.2) is 72.8 Å². The van der Waals surface area contributed by atoms with E-state index in [0.717, 1.165) is 6.42 Å². The molecule has 3 rings (SSSR count). The van der Waals surface area contributed by atoms with Crippen molar-refractivity contribution >= 4 is 10.8 Å². The maximum absolute atomic E-state index is 2.30. The zero-order chi connectivity index (χ0) is 13.1. The Bertz CT molecular complexity index is 662. The lowest BCUT2D eigenvalue weighted by Crippen LogP contribution is -1.98. The van der Waals surface area contributed by atoms with Gasteiger partial charge in [-0.1, -0.05) is 79.7 Å². The third kappa shape index (κ3) is 2.53. The van der Waals surface area contributed by atoms with Crippen molar-refractivity contribution in [3.8, 4) is 0 Å². The Morgan fingerprint density at radius 3 is 2.26 bits per heavy atom. The van der Waals surface area contributed by atoms with Gasteiger partial charge in [0, 0.05) is 0 Å². The average molecular weight is 246 g/mol. The molecule has 1 unspecified atom stereocenters. The van der Waals surface area contributed by atoms with Gasteiger partial charge in [-0.25, -0.2) is 0 Å². The highest BCUT2D eigenvalue weighted by Crippen LogP contribution is 2.25. The Morgan fingerprint density at radius 1 is 0.737 bits per heavy atom. The molecule has 0 heteroatoms. The predicted octanol–water partition coefficient (Wildman–Crippen LogP) is 5.19. The van der Waals surface area contributed by atoms with Crippen LogP contribution in [0.3, 0.4) is 0 Å². The fraction of sp³-hybridized carbons (Fsp3) is 0.158. The fourth-order valence-electron chi connectivity index (χ4n) is 2.70. The molecular weight excluding hydrogens is 228 g/mol. The van der Waals surface area contributed by atoms with Crippen LogP contribution in [0.25, 0.3) is 10.8 Å². The van der Waals surface area contributed by atoms with Crippen LogP contribution in [0.2, 0.25) is 0 Å². The Kier molecular flexibility index (Phi) is 3.33. The highest BCUT2D eigenvalue weighted by atomic mass is 14.1. The van der Waals surface area contributed by atoms with Crippen LogP contribution in [0, 0.1) is 0 Å². The lowest BCUT2D eigenvalue weighted by Gasteiger charge is -2.13. The summed E-state index contributed by atoms with van der Waals surface area (Å²) >= 11 is 0. The second-order valence-corrected chi connectivity index (χ2v) is 5.15. The summed E-state index contributed by atoms with van der Waals surface area (Å²) in [5.41, 5.74) is 2.85. The van der Waals surface area contributed by atoms with Crippen LogP contribution in [0.1, 0.15) is 24.0 Å². The number of hydrogen-bond donors (Lipinski definition) is 0. The third-order valence-electron chi connectivity index (χ3n) is 3.77. The van der Waals surface area contributed by atoms with E-state index in [1.807, 2.05) is 0 Å². The summed E-state index contributed by atoms with van der Waals surface area (Å²) < 4.78 is 0. The van der Waals surface area contributed by atoms with E-state index < -0.39 is 0 Å². The number of rotatable bonds is 3. The van der Waals surface area contributed by atoms with E-state index in [1.54, 1.807) is 0 Å². The normalized spacial score (nSPS) is 12.5.